The summed E-state index contributed by atoms with van der Waals surface area (Å²) < 4.78 is 14.4. The molecule has 1 heterocycles. The van der Waals surface area contributed by atoms with Crippen molar-refractivity contribution in [3.63, 3.8) is 0 Å². The van der Waals surface area contributed by atoms with Gasteiger partial charge in [-0.25, -0.2) is 4.98 Å². The Balaban J connectivity index is 1.47. The maximum absolute atomic E-state index is 14.0. The van der Waals surface area contributed by atoms with E-state index >= 15 is 0 Å². The zero-order valence-corrected chi connectivity index (χ0v) is 28.4. The van der Waals surface area contributed by atoms with E-state index < -0.39 is 0 Å². The van der Waals surface area contributed by atoms with E-state index in [1.165, 1.54) is 4.68 Å². The standard InChI is InChI=1S/C38H33BrClN3O3/c1-5-45-35-17-24(4)32(20-31(35)23(2)3)37-42-34-16-9-8-15-30(34)38(44)43(37)41-21-27-18-28(40)19-33(39)36(27)46-22-26-13-10-12-25-11-6-7-14-29(25)26/h6-21,23H,5,22H2,1-4H3. The summed E-state index contributed by atoms with van der Waals surface area (Å²) in [6.45, 7) is 9.08. The van der Waals surface area contributed by atoms with Crippen LogP contribution < -0.4 is 15.0 Å². The molecule has 0 bridgehead atoms. The number of aryl methyl sites for hydroxylation is 1. The Morgan fingerprint density at radius 1 is 0.957 bits per heavy atom. The van der Waals surface area contributed by atoms with Crippen LogP contribution in [0.5, 0.6) is 11.5 Å². The van der Waals surface area contributed by atoms with Crippen molar-refractivity contribution >= 4 is 55.4 Å². The number of hydrogen-bond donors (Lipinski definition) is 0. The molecule has 1 aromatic heterocycles. The van der Waals surface area contributed by atoms with Crippen LogP contribution in [0.4, 0.5) is 0 Å². The third kappa shape index (κ3) is 6.30. The molecule has 0 aliphatic heterocycles. The first-order valence-corrected chi connectivity index (χ1v) is 16.3. The van der Waals surface area contributed by atoms with E-state index in [-0.39, 0.29) is 11.5 Å². The molecule has 0 fully saturated rings. The van der Waals surface area contributed by atoms with Crippen LogP contribution in [0.2, 0.25) is 5.02 Å². The molecule has 0 atom stereocenters. The zero-order valence-electron chi connectivity index (χ0n) is 26.1. The minimum Gasteiger partial charge on any atom is -0.494 e. The van der Waals surface area contributed by atoms with Crippen LogP contribution in [0, 0.1) is 6.92 Å². The highest BCUT2D eigenvalue weighted by Gasteiger charge is 2.19. The minimum absolute atomic E-state index is 0.190. The summed E-state index contributed by atoms with van der Waals surface area (Å²) in [5, 5.41) is 7.98. The van der Waals surface area contributed by atoms with Crippen LogP contribution >= 0.6 is 27.5 Å². The SMILES string of the molecule is CCOc1cc(C)c(-c2nc3ccccc3c(=O)n2N=Cc2cc(Cl)cc(Br)c2OCc2cccc3ccccc23)cc1C(C)C. The normalized spacial score (nSPS) is 11.6. The lowest BCUT2D eigenvalue weighted by Crippen LogP contribution is -2.21. The third-order valence-corrected chi connectivity index (χ3v) is 8.68. The fraction of sp³-hybridized carbons (Fsp3) is 0.184. The first-order chi connectivity index (χ1) is 22.2. The number of fused-ring (bicyclic) bond motifs is 2. The topological polar surface area (TPSA) is 65.7 Å². The molecular weight excluding hydrogens is 662 g/mol. The van der Waals surface area contributed by atoms with Crippen molar-refractivity contribution in [1.82, 2.24) is 9.66 Å². The lowest BCUT2D eigenvalue weighted by molar-refractivity contribution is 0.305. The second-order valence-corrected chi connectivity index (χ2v) is 12.6. The van der Waals surface area contributed by atoms with Gasteiger partial charge in [0.1, 0.15) is 18.1 Å². The van der Waals surface area contributed by atoms with E-state index in [0.717, 1.165) is 38.8 Å². The molecule has 0 N–H and O–H groups in total. The van der Waals surface area contributed by atoms with Gasteiger partial charge in [-0.15, -0.1) is 0 Å². The fourth-order valence-electron chi connectivity index (χ4n) is 5.59. The molecule has 0 saturated heterocycles. The van der Waals surface area contributed by atoms with Crippen molar-refractivity contribution < 1.29 is 9.47 Å². The summed E-state index contributed by atoms with van der Waals surface area (Å²) in [7, 11) is 0. The van der Waals surface area contributed by atoms with E-state index in [2.05, 4.69) is 60.1 Å². The molecule has 8 heteroatoms. The summed E-state index contributed by atoms with van der Waals surface area (Å²) in [4.78, 5) is 19.0. The van der Waals surface area contributed by atoms with Crippen LogP contribution in [0.25, 0.3) is 33.1 Å². The van der Waals surface area contributed by atoms with Crippen LogP contribution in [0.3, 0.4) is 0 Å². The number of ether oxygens (including phenoxy) is 2. The molecule has 0 radical (unpaired) electrons. The molecule has 0 aliphatic rings. The minimum atomic E-state index is -0.282. The zero-order chi connectivity index (χ0) is 32.4. The number of aromatic nitrogens is 2. The molecule has 0 amide bonds. The van der Waals surface area contributed by atoms with Gasteiger partial charge in [0, 0.05) is 16.1 Å². The van der Waals surface area contributed by atoms with Gasteiger partial charge in [-0.05, 0) is 99.6 Å². The fourth-order valence-corrected chi connectivity index (χ4v) is 6.54. The average molecular weight is 695 g/mol. The Morgan fingerprint density at radius 2 is 1.70 bits per heavy atom. The van der Waals surface area contributed by atoms with Gasteiger partial charge in [0.05, 0.1) is 28.2 Å². The molecule has 5 aromatic carbocycles. The number of rotatable bonds is 9. The molecule has 46 heavy (non-hydrogen) atoms. The number of benzene rings is 5. The quantitative estimate of drug-likeness (QED) is 0.141. The summed E-state index contributed by atoms with van der Waals surface area (Å²) >= 11 is 10.1. The lowest BCUT2D eigenvalue weighted by Gasteiger charge is -2.18. The van der Waals surface area contributed by atoms with Crippen molar-refractivity contribution in [3.05, 3.63) is 133 Å². The Hall–Kier alpha value is -4.46. The van der Waals surface area contributed by atoms with Crippen molar-refractivity contribution in [2.24, 2.45) is 5.10 Å². The second kappa shape index (κ2) is 13.5. The summed E-state index contributed by atoms with van der Waals surface area (Å²) in [6.07, 6.45) is 1.60. The summed E-state index contributed by atoms with van der Waals surface area (Å²) in [6, 6.07) is 29.3. The lowest BCUT2D eigenvalue weighted by atomic mass is 9.96. The summed E-state index contributed by atoms with van der Waals surface area (Å²) in [5.74, 6) is 2.01. The van der Waals surface area contributed by atoms with E-state index in [1.807, 2.05) is 56.3 Å². The molecule has 0 unspecified atom stereocenters. The molecule has 0 spiro atoms. The predicted octanol–water partition coefficient (Wildman–Crippen LogP) is 9.92. The molecule has 6 nitrogen and oxygen atoms in total. The van der Waals surface area contributed by atoms with Gasteiger partial charge in [0.2, 0.25) is 0 Å². The second-order valence-electron chi connectivity index (χ2n) is 11.3. The Labute approximate surface area is 281 Å². The monoisotopic (exact) mass is 693 g/mol. The molecule has 0 aliphatic carbocycles. The first kappa shape index (κ1) is 31.5. The van der Waals surface area contributed by atoms with Crippen LogP contribution in [0.1, 0.15) is 48.9 Å². The Morgan fingerprint density at radius 3 is 2.48 bits per heavy atom. The predicted molar refractivity (Wildman–Crippen MR) is 192 cm³/mol. The number of halogens is 2. The first-order valence-electron chi connectivity index (χ1n) is 15.2. The Bertz CT molecular complexity index is 2170. The van der Waals surface area contributed by atoms with Crippen molar-refractivity contribution in [3.8, 4) is 22.9 Å². The van der Waals surface area contributed by atoms with Crippen LogP contribution in [-0.2, 0) is 6.61 Å². The van der Waals surface area contributed by atoms with Crippen LogP contribution in [-0.4, -0.2) is 22.5 Å². The Kier molecular flexibility index (Phi) is 9.24. The maximum atomic E-state index is 14.0. The van der Waals surface area contributed by atoms with Crippen molar-refractivity contribution in [2.75, 3.05) is 6.61 Å². The van der Waals surface area contributed by atoms with E-state index in [4.69, 9.17) is 31.2 Å². The summed E-state index contributed by atoms with van der Waals surface area (Å²) in [5.41, 5.74) is 4.72. The van der Waals surface area contributed by atoms with Gasteiger partial charge in [-0.1, -0.05) is 80.0 Å². The van der Waals surface area contributed by atoms with Gasteiger partial charge in [0.15, 0.2) is 5.82 Å². The van der Waals surface area contributed by atoms with Gasteiger partial charge >= 0.3 is 0 Å². The number of nitrogens with zero attached hydrogens (tertiary/aromatic N) is 3. The van der Waals surface area contributed by atoms with Gasteiger partial charge in [-0.3, -0.25) is 4.79 Å². The number of para-hydroxylation sites is 1. The highest BCUT2D eigenvalue weighted by Crippen LogP contribution is 2.35. The number of hydrogen-bond acceptors (Lipinski definition) is 5. The van der Waals surface area contributed by atoms with E-state index in [9.17, 15) is 4.79 Å². The van der Waals surface area contributed by atoms with Gasteiger partial charge < -0.3 is 9.47 Å². The smallest absolute Gasteiger partial charge is 0.282 e. The molecular formula is C38H33BrClN3O3. The molecule has 6 rings (SSSR count). The van der Waals surface area contributed by atoms with Crippen molar-refractivity contribution in [2.45, 2.75) is 40.2 Å². The highest BCUT2D eigenvalue weighted by atomic mass is 79.9. The largest absolute Gasteiger partial charge is 0.494 e. The highest BCUT2D eigenvalue weighted by molar-refractivity contribution is 9.10. The maximum Gasteiger partial charge on any atom is 0.282 e. The molecule has 6 aromatic rings. The van der Waals surface area contributed by atoms with Crippen molar-refractivity contribution in [1.29, 1.82) is 0 Å². The molecule has 232 valence electrons. The van der Waals surface area contributed by atoms with Gasteiger partial charge in [-0.2, -0.15) is 9.78 Å². The molecule has 0 saturated carbocycles. The average Bonchev–Trinajstić information content (AvgIpc) is 3.04. The van der Waals surface area contributed by atoms with Gasteiger partial charge in [0.25, 0.3) is 5.56 Å². The third-order valence-electron chi connectivity index (χ3n) is 7.87. The van der Waals surface area contributed by atoms with E-state index in [0.29, 0.717) is 50.7 Å². The van der Waals surface area contributed by atoms with Crippen LogP contribution in [0.15, 0.2) is 105 Å². The van der Waals surface area contributed by atoms with E-state index in [1.54, 1.807) is 24.4 Å².